The monoisotopic (exact) mass is 320 g/mol. The van der Waals surface area contributed by atoms with Gasteiger partial charge < -0.3 is 4.90 Å². The second-order valence-corrected chi connectivity index (χ2v) is 7.07. The van der Waals surface area contributed by atoms with Crippen molar-refractivity contribution in [3.05, 3.63) is 47.3 Å². The number of aryl methyl sites for hydroxylation is 2. The molecule has 0 fully saturated rings. The molecule has 0 atom stereocenters. The summed E-state index contributed by atoms with van der Waals surface area (Å²) < 4.78 is 27.5. The van der Waals surface area contributed by atoms with Crippen LogP contribution in [0, 0.1) is 13.8 Å². The van der Waals surface area contributed by atoms with Crippen LogP contribution in [0.2, 0.25) is 0 Å². The minimum Gasteiger partial charge on any atom is -0.347 e. The van der Waals surface area contributed by atoms with E-state index in [4.69, 9.17) is 0 Å². The first-order chi connectivity index (χ1) is 10.3. The highest BCUT2D eigenvalue weighted by atomic mass is 32.2. The van der Waals surface area contributed by atoms with Crippen LogP contribution in [0.25, 0.3) is 0 Å². The van der Waals surface area contributed by atoms with Crippen molar-refractivity contribution in [1.82, 2.24) is 14.7 Å². The summed E-state index contributed by atoms with van der Waals surface area (Å²) in [5, 5.41) is 0. The summed E-state index contributed by atoms with van der Waals surface area (Å²) in [5.74, 6) is 0.545. The van der Waals surface area contributed by atoms with Crippen LogP contribution in [0.5, 0.6) is 0 Å². The number of sulfonamides is 1. The van der Waals surface area contributed by atoms with E-state index >= 15 is 0 Å². The Bertz CT molecular complexity index is 773. The van der Waals surface area contributed by atoms with Crippen molar-refractivity contribution in [3.8, 4) is 0 Å². The minimum absolute atomic E-state index is 0.124. The van der Waals surface area contributed by atoms with Gasteiger partial charge in [-0.1, -0.05) is 12.1 Å². The molecule has 0 radical (unpaired) electrons. The molecule has 0 saturated heterocycles. The van der Waals surface area contributed by atoms with Gasteiger partial charge >= 0.3 is 0 Å². The Kier molecular flexibility index (Phi) is 4.77. The lowest BCUT2D eigenvalue weighted by atomic mass is 10.2. The summed E-state index contributed by atoms with van der Waals surface area (Å²) in [6.07, 6.45) is 1.61. The largest absolute Gasteiger partial charge is 0.347 e. The molecule has 0 amide bonds. The maximum atomic E-state index is 12.4. The molecule has 2 rings (SSSR count). The lowest BCUT2D eigenvalue weighted by molar-refractivity contribution is 0.579. The van der Waals surface area contributed by atoms with Crippen molar-refractivity contribution >= 4 is 16.0 Å². The second kappa shape index (κ2) is 6.41. The van der Waals surface area contributed by atoms with E-state index in [-0.39, 0.29) is 6.54 Å². The number of hydrogen-bond acceptors (Lipinski definition) is 5. The van der Waals surface area contributed by atoms with Gasteiger partial charge in [-0.15, -0.1) is 0 Å². The molecular formula is C15H20N4O2S. The lowest BCUT2D eigenvalue weighted by Crippen LogP contribution is -2.25. The number of rotatable bonds is 5. The summed E-state index contributed by atoms with van der Waals surface area (Å²) in [6, 6.07) is 7.06. The minimum atomic E-state index is -3.57. The van der Waals surface area contributed by atoms with Gasteiger partial charge in [0.2, 0.25) is 16.0 Å². The van der Waals surface area contributed by atoms with Gasteiger partial charge in [0.15, 0.2) is 0 Å². The molecule has 0 saturated carbocycles. The molecule has 22 heavy (non-hydrogen) atoms. The number of anilines is 1. The van der Waals surface area contributed by atoms with Gasteiger partial charge in [0.25, 0.3) is 0 Å². The summed E-state index contributed by atoms with van der Waals surface area (Å²) in [7, 11) is 0.0967. The van der Waals surface area contributed by atoms with Crippen molar-refractivity contribution < 1.29 is 8.42 Å². The van der Waals surface area contributed by atoms with Gasteiger partial charge in [-0.2, -0.15) is 0 Å². The van der Waals surface area contributed by atoms with Crippen molar-refractivity contribution in [2.45, 2.75) is 25.3 Å². The Hall–Kier alpha value is -1.99. The second-order valence-electron chi connectivity index (χ2n) is 5.34. The highest BCUT2D eigenvalue weighted by Crippen LogP contribution is 2.17. The fourth-order valence-electron chi connectivity index (χ4n) is 1.94. The maximum Gasteiger partial charge on any atom is 0.241 e. The SMILES string of the molecule is Cc1ccc(C)c(S(=O)(=O)NCc2ccnc(N(C)C)n2)c1. The molecule has 1 aromatic carbocycles. The summed E-state index contributed by atoms with van der Waals surface area (Å²) in [6.45, 7) is 3.77. The third-order valence-electron chi connectivity index (χ3n) is 3.18. The van der Waals surface area contributed by atoms with E-state index < -0.39 is 10.0 Å². The van der Waals surface area contributed by atoms with E-state index in [9.17, 15) is 8.42 Å². The van der Waals surface area contributed by atoms with Crippen LogP contribution in [0.15, 0.2) is 35.4 Å². The molecule has 0 aliphatic rings. The fraction of sp³-hybridized carbons (Fsp3) is 0.333. The molecule has 0 aliphatic heterocycles. The summed E-state index contributed by atoms with van der Waals surface area (Å²) in [5.41, 5.74) is 2.24. The topological polar surface area (TPSA) is 75.2 Å². The Morgan fingerprint density at radius 1 is 1.18 bits per heavy atom. The molecule has 118 valence electrons. The van der Waals surface area contributed by atoms with Crippen LogP contribution >= 0.6 is 0 Å². The quantitative estimate of drug-likeness (QED) is 0.906. The molecule has 2 aromatic rings. The Labute approximate surface area is 131 Å². The van der Waals surface area contributed by atoms with E-state index in [0.717, 1.165) is 11.1 Å². The van der Waals surface area contributed by atoms with Gasteiger partial charge in [-0.25, -0.2) is 23.1 Å². The standard InChI is InChI=1S/C15H20N4O2S/c1-11-5-6-12(2)14(9-11)22(20,21)17-10-13-7-8-16-15(18-13)19(3)4/h5-9,17H,10H2,1-4H3. The first-order valence-electron chi connectivity index (χ1n) is 6.86. The third kappa shape index (κ3) is 3.80. The van der Waals surface area contributed by atoms with Gasteiger partial charge in [0.05, 0.1) is 17.1 Å². The lowest BCUT2D eigenvalue weighted by Gasteiger charge is -2.12. The predicted molar refractivity (Wildman–Crippen MR) is 86.3 cm³/mol. The summed E-state index contributed by atoms with van der Waals surface area (Å²) in [4.78, 5) is 10.5. The van der Waals surface area contributed by atoms with Crippen LogP contribution in [-0.4, -0.2) is 32.5 Å². The Morgan fingerprint density at radius 2 is 1.91 bits per heavy atom. The summed E-state index contributed by atoms with van der Waals surface area (Å²) >= 11 is 0. The molecule has 0 unspecified atom stereocenters. The molecule has 0 spiro atoms. The first kappa shape index (κ1) is 16.4. The van der Waals surface area contributed by atoms with Crippen molar-refractivity contribution in [2.24, 2.45) is 0 Å². The van der Waals surface area contributed by atoms with Gasteiger partial charge in [0.1, 0.15) is 0 Å². The van der Waals surface area contributed by atoms with E-state index in [1.165, 1.54) is 0 Å². The van der Waals surface area contributed by atoms with Crippen molar-refractivity contribution in [2.75, 3.05) is 19.0 Å². The number of aromatic nitrogens is 2. The zero-order chi connectivity index (χ0) is 16.3. The molecule has 6 nitrogen and oxygen atoms in total. The van der Waals surface area contributed by atoms with Crippen LogP contribution in [0.1, 0.15) is 16.8 Å². The van der Waals surface area contributed by atoms with Gasteiger partial charge in [0, 0.05) is 20.3 Å². The average Bonchev–Trinajstić information content (AvgIpc) is 2.48. The zero-order valence-corrected chi connectivity index (χ0v) is 14.0. The molecular weight excluding hydrogens is 300 g/mol. The Balaban J connectivity index is 2.20. The fourth-order valence-corrected chi connectivity index (χ4v) is 3.27. The van der Waals surface area contributed by atoms with Gasteiger partial charge in [-0.3, -0.25) is 0 Å². The number of nitrogens with zero attached hydrogens (tertiary/aromatic N) is 3. The molecule has 1 N–H and O–H groups in total. The number of benzene rings is 1. The molecule has 7 heteroatoms. The Morgan fingerprint density at radius 3 is 2.59 bits per heavy atom. The maximum absolute atomic E-state index is 12.4. The average molecular weight is 320 g/mol. The van der Waals surface area contributed by atoms with Crippen LogP contribution in [0.3, 0.4) is 0 Å². The van der Waals surface area contributed by atoms with Crippen LogP contribution < -0.4 is 9.62 Å². The van der Waals surface area contributed by atoms with Crippen LogP contribution in [-0.2, 0) is 16.6 Å². The molecule has 1 aromatic heterocycles. The van der Waals surface area contributed by atoms with E-state index in [1.54, 1.807) is 36.2 Å². The molecule has 1 heterocycles. The highest BCUT2D eigenvalue weighted by molar-refractivity contribution is 7.89. The van der Waals surface area contributed by atoms with Crippen molar-refractivity contribution in [1.29, 1.82) is 0 Å². The highest BCUT2D eigenvalue weighted by Gasteiger charge is 2.17. The third-order valence-corrected chi connectivity index (χ3v) is 4.72. The smallest absolute Gasteiger partial charge is 0.241 e. The van der Waals surface area contributed by atoms with E-state index in [2.05, 4.69) is 14.7 Å². The van der Waals surface area contributed by atoms with Crippen LogP contribution in [0.4, 0.5) is 5.95 Å². The van der Waals surface area contributed by atoms with Gasteiger partial charge in [-0.05, 0) is 37.1 Å². The number of nitrogens with one attached hydrogen (secondary N) is 1. The molecule has 0 aliphatic carbocycles. The van der Waals surface area contributed by atoms with Crippen molar-refractivity contribution in [3.63, 3.8) is 0 Å². The zero-order valence-electron chi connectivity index (χ0n) is 13.2. The number of hydrogen-bond donors (Lipinski definition) is 1. The normalized spacial score (nSPS) is 11.5. The predicted octanol–water partition coefficient (Wildman–Crippen LogP) is 1.64. The van der Waals surface area contributed by atoms with E-state index in [0.29, 0.717) is 16.5 Å². The first-order valence-corrected chi connectivity index (χ1v) is 8.34. The molecule has 0 bridgehead atoms. The van der Waals surface area contributed by atoms with E-state index in [1.807, 2.05) is 27.1 Å².